The lowest BCUT2D eigenvalue weighted by Gasteiger charge is -2.23. The van der Waals surface area contributed by atoms with E-state index < -0.39 is 0 Å². The van der Waals surface area contributed by atoms with Crippen molar-refractivity contribution in [2.45, 2.75) is 33.8 Å². The highest BCUT2D eigenvalue weighted by atomic mass is 16.5. The summed E-state index contributed by atoms with van der Waals surface area (Å²) in [5.74, 6) is -0.238. The van der Waals surface area contributed by atoms with Crippen molar-refractivity contribution in [2.75, 3.05) is 16.8 Å². The lowest BCUT2D eigenvalue weighted by atomic mass is 9.99. The van der Waals surface area contributed by atoms with E-state index in [1.165, 1.54) is 4.90 Å². The first-order valence-corrected chi connectivity index (χ1v) is 11.0. The molecule has 5 heteroatoms. The molecule has 0 aromatic heterocycles. The molecule has 0 fully saturated rings. The van der Waals surface area contributed by atoms with Crippen LogP contribution in [-0.2, 0) is 9.59 Å². The molecule has 0 spiro atoms. The predicted octanol–water partition coefficient (Wildman–Crippen LogP) is 5.51. The molecule has 3 aromatic rings. The Morgan fingerprint density at radius 1 is 0.818 bits per heavy atom. The quantitative estimate of drug-likeness (QED) is 0.474. The van der Waals surface area contributed by atoms with Crippen molar-refractivity contribution in [2.24, 2.45) is 0 Å². The summed E-state index contributed by atoms with van der Waals surface area (Å²) in [4.78, 5) is 30.7. The Balaban J connectivity index is 1.89. The van der Waals surface area contributed by atoms with Gasteiger partial charge in [-0.3, -0.25) is 9.59 Å². The summed E-state index contributed by atoms with van der Waals surface area (Å²) in [5, 5.41) is 0. The Kier molecular flexibility index (Phi) is 6.05. The molecule has 5 nitrogen and oxygen atoms in total. The Bertz CT molecular complexity index is 1250. The molecule has 0 saturated heterocycles. The summed E-state index contributed by atoms with van der Waals surface area (Å²) in [7, 11) is 1.82. The van der Waals surface area contributed by atoms with Gasteiger partial charge in [0, 0.05) is 12.7 Å². The van der Waals surface area contributed by atoms with Crippen molar-refractivity contribution in [1.82, 2.24) is 0 Å². The summed E-state index contributed by atoms with van der Waals surface area (Å²) in [5.41, 5.74) is 4.90. The van der Waals surface area contributed by atoms with Gasteiger partial charge in [-0.15, -0.1) is 0 Å². The van der Waals surface area contributed by atoms with Crippen LogP contribution in [0.25, 0.3) is 5.57 Å². The average Bonchev–Trinajstić information content (AvgIpc) is 3.05. The van der Waals surface area contributed by atoms with E-state index in [0.717, 1.165) is 22.4 Å². The number of rotatable bonds is 6. The normalized spacial score (nSPS) is 13.8. The van der Waals surface area contributed by atoms with Crippen LogP contribution in [-0.4, -0.2) is 25.0 Å². The van der Waals surface area contributed by atoms with E-state index in [2.05, 4.69) is 0 Å². The van der Waals surface area contributed by atoms with Crippen LogP contribution in [0.3, 0.4) is 0 Å². The molecule has 33 heavy (non-hydrogen) atoms. The number of benzene rings is 3. The zero-order valence-corrected chi connectivity index (χ0v) is 19.6. The van der Waals surface area contributed by atoms with Gasteiger partial charge in [0.05, 0.1) is 17.4 Å². The van der Waals surface area contributed by atoms with E-state index in [-0.39, 0.29) is 17.9 Å². The number of aryl methyl sites for hydroxylation is 2. The number of nitrogens with zero attached hydrogens (tertiary/aromatic N) is 2. The van der Waals surface area contributed by atoms with Crippen LogP contribution in [0.1, 0.15) is 30.5 Å². The van der Waals surface area contributed by atoms with E-state index in [1.807, 2.05) is 89.3 Å². The standard InChI is InChI=1S/C28H28N2O3/c1-18(2)33-24-14-10-9-13-23(24)30-27(31)25(21-16-15-19(3)20(4)17-21)26(28(30)32)29(5)22-11-7-6-8-12-22/h6-18H,1-5H3. The lowest BCUT2D eigenvalue weighted by molar-refractivity contribution is -0.120. The first kappa shape index (κ1) is 22.3. The van der Waals surface area contributed by atoms with Crippen LogP contribution in [0.15, 0.2) is 78.5 Å². The molecule has 0 saturated carbocycles. The number of likely N-dealkylation sites (N-methyl/N-ethyl adjacent to an activating group) is 1. The van der Waals surface area contributed by atoms with Crippen molar-refractivity contribution in [3.8, 4) is 5.75 Å². The second-order valence-corrected chi connectivity index (χ2v) is 8.50. The van der Waals surface area contributed by atoms with Crippen LogP contribution in [0.4, 0.5) is 11.4 Å². The Hall–Kier alpha value is -3.86. The summed E-state index contributed by atoms with van der Waals surface area (Å²) < 4.78 is 5.93. The van der Waals surface area contributed by atoms with Gasteiger partial charge in [0.1, 0.15) is 11.4 Å². The molecule has 0 bridgehead atoms. The highest BCUT2D eigenvalue weighted by Crippen LogP contribution is 2.39. The molecule has 0 radical (unpaired) electrons. The van der Waals surface area contributed by atoms with E-state index in [0.29, 0.717) is 22.7 Å². The predicted molar refractivity (Wildman–Crippen MR) is 132 cm³/mol. The topological polar surface area (TPSA) is 49.9 Å². The maximum atomic E-state index is 13.9. The molecule has 3 aromatic carbocycles. The number of amides is 2. The molecular formula is C28H28N2O3. The molecule has 168 valence electrons. The Morgan fingerprint density at radius 2 is 1.48 bits per heavy atom. The molecule has 0 atom stereocenters. The van der Waals surface area contributed by atoms with E-state index >= 15 is 0 Å². The van der Waals surface area contributed by atoms with Crippen molar-refractivity contribution >= 4 is 28.8 Å². The summed E-state index contributed by atoms with van der Waals surface area (Å²) in [6.45, 7) is 7.86. The maximum absolute atomic E-state index is 13.9. The Labute approximate surface area is 194 Å². The molecule has 4 rings (SSSR count). The van der Waals surface area contributed by atoms with Gasteiger partial charge in [-0.2, -0.15) is 0 Å². The molecule has 2 amide bonds. The molecule has 0 aliphatic carbocycles. The van der Waals surface area contributed by atoms with E-state index in [9.17, 15) is 9.59 Å². The van der Waals surface area contributed by atoms with Gasteiger partial charge < -0.3 is 9.64 Å². The van der Waals surface area contributed by atoms with Crippen molar-refractivity contribution in [3.63, 3.8) is 0 Å². The second kappa shape index (κ2) is 8.94. The van der Waals surface area contributed by atoms with Gasteiger partial charge in [-0.1, -0.05) is 48.5 Å². The molecule has 0 N–H and O–H groups in total. The fraction of sp³-hybridized carbons (Fsp3) is 0.214. The minimum absolute atomic E-state index is 0.0994. The van der Waals surface area contributed by atoms with Crippen LogP contribution in [0.2, 0.25) is 0 Å². The highest BCUT2D eigenvalue weighted by molar-refractivity contribution is 6.46. The maximum Gasteiger partial charge on any atom is 0.282 e. The number of carbonyl (C=O) groups is 2. The molecule has 1 heterocycles. The van der Waals surface area contributed by atoms with Crippen LogP contribution in [0, 0.1) is 13.8 Å². The Morgan fingerprint density at radius 3 is 2.15 bits per heavy atom. The smallest absolute Gasteiger partial charge is 0.282 e. The number of imide groups is 1. The van der Waals surface area contributed by atoms with Crippen molar-refractivity contribution in [3.05, 3.63) is 95.2 Å². The van der Waals surface area contributed by atoms with Crippen LogP contribution in [0.5, 0.6) is 5.75 Å². The van der Waals surface area contributed by atoms with Crippen molar-refractivity contribution in [1.29, 1.82) is 0 Å². The largest absolute Gasteiger partial charge is 0.489 e. The molecule has 1 aliphatic rings. The third-order valence-electron chi connectivity index (χ3n) is 5.80. The second-order valence-electron chi connectivity index (χ2n) is 8.50. The van der Waals surface area contributed by atoms with Gasteiger partial charge in [-0.05, 0) is 68.7 Å². The van der Waals surface area contributed by atoms with Gasteiger partial charge in [0.25, 0.3) is 11.8 Å². The molecular weight excluding hydrogens is 412 g/mol. The number of hydrogen-bond acceptors (Lipinski definition) is 4. The third kappa shape index (κ3) is 4.14. The number of carbonyl (C=O) groups excluding carboxylic acids is 2. The van der Waals surface area contributed by atoms with Gasteiger partial charge >= 0.3 is 0 Å². The van der Waals surface area contributed by atoms with E-state index in [4.69, 9.17) is 4.74 Å². The van der Waals surface area contributed by atoms with E-state index in [1.54, 1.807) is 23.1 Å². The monoisotopic (exact) mass is 440 g/mol. The highest BCUT2D eigenvalue weighted by Gasteiger charge is 2.43. The fourth-order valence-corrected chi connectivity index (χ4v) is 3.98. The van der Waals surface area contributed by atoms with Crippen LogP contribution < -0.4 is 14.5 Å². The number of para-hydroxylation sites is 3. The van der Waals surface area contributed by atoms with Gasteiger partial charge in [0.2, 0.25) is 0 Å². The fourth-order valence-electron chi connectivity index (χ4n) is 3.98. The zero-order chi connectivity index (χ0) is 23.7. The first-order valence-electron chi connectivity index (χ1n) is 11.0. The van der Waals surface area contributed by atoms with Crippen molar-refractivity contribution < 1.29 is 14.3 Å². The molecule has 1 aliphatic heterocycles. The summed E-state index contributed by atoms with van der Waals surface area (Å²) in [6, 6.07) is 22.6. The SMILES string of the molecule is Cc1ccc(C2=C(N(C)c3ccccc3)C(=O)N(c3ccccc3OC(C)C)C2=O)cc1C. The first-order chi connectivity index (χ1) is 15.8. The molecule has 0 unspecified atom stereocenters. The average molecular weight is 441 g/mol. The lowest BCUT2D eigenvalue weighted by Crippen LogP contribution is -2.34. The number of ether oxygens (including phenoxy) is 1. The van der Waals surface area contributed by atoms with Gasteiger partial charge in [-0.25, -0.2) is 4.90 Å². The third-order valence-corrected chi connectivity index (χ3v) is 5.80. The summed E-state index contributed by atoms with van der Waals surface area (Å²) in [6.07, 6.45) is -0.0994. The summed E-state index contributed by atoms with van der Waals surface area (Å²) >= 11 is 0. The zero-order valence-electron chi connectivity index (χ0n) is 19.6. The minimum atomic E-state index is -0.376. The minimum Gasteiger partial charge on any atom is -0.489 e. The van der Waals surface area contributed by atoms with Crippen LogP contribution >= 0.6 is 0 Å². The van der Waals surface area contributed by atoms with Gasteiger partial charge in [0.15, 0.2) is 0 Å². The number of anilines is 2. The number of hydrogen-bond donors (Lipinski definition) is 0.